The molecule has 0 aliphatic rings. The van der Waals surface area contributed by atoms with E-state index in [9.17, 15) is 22.6 Å². The molecule has 1 heterocycles. The number of nitrogens with one attached hydrogen (secondary N) is 1. The van der Waals surface area contributed by atoms with Crippen molar-refractivity contribution < 1.29 is 32.0 Å². The van der Waals surface area contributed by atoms with Gasteiger partial charge in [-0.3, -0.25) is 9.36 Å². The molecule has 0 unspecified atom stereocenters. The van der Waals surface area contributed by atoms with Gasteiger partial charge in [-0.2, -0.15) is 0 Å². The van der Waals surface area contributed by atoms with Gasteiger partial charge < -0.3 is 25.3 Å². The molecule has 1 atom stereocenters. The molecule has 1 aromatic carbocycles. The fourth-order valence-electron chi connectivity index (χ4n) is 2.37. The molecule has 2 aromatic rings. The van der Waals surface area contributed by atoms with E-state index in [0.717, 1.165) is 12.3 Å². The number of carbonyl (C=O) groups is 1. The summed E-state index contributed by atoms with van der Waals surface area (Å²) in [5.41, 5.74) is 5.27. The maximum Gasteiger partial charge on any atom is 0.336 e. The standard InChI is InChI=1S/C15H19N2O8PS/c1-27(23,24)5-4-12(16)15(19)17-10-2-3-11-9(8-26(20,21)22)6-14(18)25-13(11)7-10/h2-3,6-7,12H,4-5,8,16H2,1H3,(H,17,19)(H2,20,21,22)/t12-/m0/s1. The Labute approximate surface area is 154 Å². The highest BCUT2D eigenvalue weighted by Crippen LogP contribution is 2.40. The van der Waals surface area contributed by atoms with Gasteiger partial charge in [0, 0.05) is 29.5 Å². The van der Waals surface area contributed by atoms with Crippen molar-refractivity contribution in [2.45, 2.75) is 18.6 Å². The average molecular weight is 418 g/mol. The zero-order chi connectivity index (χ0) is 20.4. The topological polar surface area (TPSA) is 177 Å². The van der Waals surface area contributed by atoms with Crippen LogP contribution in [0.4, 0.5) is 5.69 Å². The van der Waals surface area contributed by atoms with Crippen molar-refractivity contribution in [2.75, 3.05) is 17.3 Å². The summed E-state index contributed by atoms with van der Waals surface area (Å²) >= 11 is 0. The number of hydrogen-bond acceptors (Lipinski definition) is 7. The van der Waals surface area contributed by atoms with Gasteiger partial charge in [0.25, 0.3) is 0 Å². The molecule has 0 saturated heterocycles. The summed E-state index contributed by atoms with van der Waals surface area (Å²) in [6.07, 6.45) is 0.356. The number of anilines is 1. The Morgan fingerprint density at radius 3 is 2.59 bits per heavy atom. The number of fused-ring (bicyclic) bond motifs is 1. The Kier molecular flexibility index (Phi) is 6.23. The van der Waals surface area contributed by atoms with Crippen LogP contribution < -0.4 is 16.7 Å². The molecule has 0 spiro atoms. The zero-order valence-electron chi connectivity index (χ0n) is 14.3. The summed E-state index contributed by atoms with van der Waals surface area (Å²) in [7, 11) is -7.65. The Bertz CT molecular complexity index is 1070. The summed E-state index contributed by atoms with van der Waals surface area (Å²) in [6.45, 7) is 0. The normalized spacial score (nSPS) is 13.5. The van der Waals surface area contributed by atoms with Crippen molar-refractivity contribution in [1.29, 1.82) is 0 Å². The van der Waals surface area contributed by atoms with Gasteiger partial charge in [0.2, 0.25) is 5.91 Å². The van der Waals surface area contributed by atoms with Crippen molar-refractivity contribution in [3.63, 3.8) is 0 Å². The first-order valence-corrected chi connectivity index (χ1v) is 11.6. The van der Waals surface area contributed by atoms with E-state index < -0.39 is 41.2 Å². The van der Waals surface area contributed by atoms with Gasteiger partial charge in [-0.25, -0.2) is 13.2 Å². The quantitative estimate of drug-likeness (QED) is 0.360. The lowest BCUT2D eigenvalue weighted by Crippen LogP contribution is -2.37. The van der Waals surface area contributed by atoms with Crippen LogP contribution in [0.15, 0.2) is 33.5 Å². The van der Waals surface area contributed by atoms with Gasteiger partial charge in [-0.15, -0.1) is 0 Å². The molecule has 0 bridgehead atoms. The molecule has 5 N–H and O–H groups in total. The van der Waals surface area contributed by atoms with Crippen molar-refractivity contribution in [2.24, 2.45) is 5.73 Å². The van der Waals surface area contributed by atoms with E-state index in [1.165, 1.54) is 18.2 Å². The average Bonchev–Trinajstić information content (AvgIpc) is 2.49. The van der Waals surface area contributed by atoms with Crippen LogP contribution in [-0.4, -0.2) is 42.2 Å². The molecular weight excluding hydrogens is 399 g/mol. The number of sulfone groups is 1. The summed E-state index contributed by atoms with van der Waals surface area (Å²) in [6, 6.07) is 4.17. The van der Waals surface area contributed by atoms with Crippen LogP contribution in [-0.2, 0) is 25.4 Å². The second kappa shape index (κ2) is 7.91. The molecule has 12 heteroatoms. The number of rotatable bonds is 7. The minimum absolute atomic E-state index is 0.0356. The molecule has 27 heavy (non-hydrogen) atoms. The van der Waals surface area contributed by atoms with Gasteiger partial charge in [0.15, 0.2) is 0 Å². The predicted octanol–water partition coefficient (Wildman–Crippen LogP) is 0.171. The van der Waals surface area contributed by atoms with E-state index in [4.69, 9.17) is 19.9 Å². The highest BCUT2D eigenvalue weighted by atomic mass is 32.2. The van der Waals surface area contributed by atoms with Crippen LogP contribution in [0.25, 0.3) is 11.0 Å². The van der Waals surface area contributed by atoms with Crippen LogP contribution in [0.5, 0.6) is 0 Å². The largest absolute Gasteiger partial charge is 0.423 e. The lowest BCUT2D eigenvalue weighted by molar-refractivity contribution is -0.117. The van der Waals surface area contributed by atoms with E-state index in [0.29, 0.717) is 5.39 Å². The van der Waals surface area contributed by atoms with Crippen molar-refractivity contribution in [1.82, 2.24) is 0 Å². The molecule has 0 radical (unpaired) electrons. The number of amides is 1. The second-order valence-electron chi connectivity index (χ2n) is 6.14. The number of hydrogen-bond donors (Lipinski definition) is 4. The van der Waals surface area contributed by atoms with Gasteiger partial charge >= 0.3 is 13.2 Å². The molecule has 1 amide bonds. The van der Waals surface area contributed by atoms with Crippen LogP contribution in [0, 0.1) is 0 Å². The molecule has 0 fully saturated rings. The molecular formula is C15H19N2O8PS. The summed E-state index contributed by atoms with van der Waals surface area (Å²) in [4.78, 5) is 41.9. The third-order valence-corrected chi connectivity index (χ3v) is 5.34. The summed E-state index contributed by atoms with van der Waals surface area (Å²) < 4.78 is 38.5. The molecule has 1 aromatic heterocycles. The van der Waals surface area contributed by atoms with Crippen LogP contribution in [0.3, 0.4) is 0 Å². The lowest BCUT2D eigenvalue weighted by atomic mass is 10.1. The monoisotopic (exact) mass is 418 g/mol. The summed E-state index contributed by atoms with van der Waals surface area (Å²) in [5, 5.41) is 2.80. The second-order valence-corrected chi connectivity index (χ2v) is 10.0. The minimum atomic E-state index is -4.40. The maximum atomic E-state index is 12.1. The SMILES string of the molecule is CS(=O)(=O)CC[C@H](N)C(=O)Nc1ccc2c(CP(=O)(O)O)cc(=O)oc2c1. The molecule has 0 saturated carbocycles. The van der Waals surface area contributed by atoms with Crippen LogP contribution in [0.1, 0.15) is 12.0 Å². The highest BCUT2D eigenvalue weighted by molar-refractivity contribution is 7.90. The third kappa shape index (κ3) is 6.56. The number of benzene rings is 1. The van der Waals surface area contributed by atoms with E-state index in [1.54, 1.807) is 0 Å². The van der Waals surface area contributed by atoms with Gasteiger partial charge in [-0.1, -0.05) is 0 Å². The number of carbonyl (C=O) groups excluding carboxylic acids is 1. The Balaban J connectivity index is 2.25. The minimum Gasteiger partial charge on any atom is -0.423 e. The first-order valence-electron chi connectivity index (χ1n) is 7.69. The Morgan fingerprint density at radius 2 is 2.00 bits per heavy atom. The molecule has 10 nitrogen and oxygen atoms in total. The van der Waals surface area contributed by atoms with Crippen molar-refractivity contribution in [3.05, 3.63) is 40.2 Å². The zero-order valence-corrected chi connectivity index (χ0v) is 16.0. The van der Waals surface area contributed by atoms with Gasteiger partial charge in [0.1, 0.15) is 15.4 Å². The van der Waals surface area contributed by atoms with E-state index in [1.807, 2.05) is 0 Å². The Morgan fingerprint density at radius 1 is 1.33 bits per heavy atom. The lowest BCUT2D eigenvalue weighted by Gasteiger charge is -2.12. The highest BCUT2D eigenvalue weighted by Gasteiger charge is 2.19. The van der Waals surface area contributed by atoms with Gasteiger partial charge in [-0.05, 0) is 24.1 Å². The first kappa shape index (κ1) is 21.3. The third-order valence-electron chi connectivity index (χ3n) is 3.61. The van der Waals surface area contributed by atoms with Crippen LogP contribution >= 0.6 is 7.60 Å². The predicted molar refractivity (Wildman–Crippen MR) is 99.2 cm³/mol. The van der Waals surface area contributed by atoms with Crippen LogP contribution in [0.2, 0.25) is 0 Å². The fourth-order valence-corrected chi connectivity index (χ4v) is 3.76. The molecule has 148 valence electrons. The summed E-state index contributed by atoms with van der Waals surface area (Å²) in [5.74, 6) is -0.855. The van der Waals surface area contributed by atoms with Crippen molar-refractivity contribution in [3.8, 4) is 0 Å². The van der Waals surface area contributed by atoms with E-state index in [2.05, 4.69) is 5.32 Å². The fraction of sp³-hybridized carbons (Fsp3) is 0.333. The first-order chi connectivity index (χ1) is 12.3. The smallest absolute Gasteiger partial charge is 0.336 e. The molecule has 0 aliphatic carbocycles. The Hall–Kier alpha value is -2.04. The molecule has 2 rings (SSSR count). The number of nitrogens with two attached hydrogens (primary N) is 1. The van der Waals surface area contributed by atoms with E-state index in [-0.39, 0.29) is 29.0 Å². The van der Waals surface area contributed by atoms with Crippen molar-refractivity contribution >= 4 is 40.0 Å². The molecule has 0 aliphatic heterocycles. The van der Waals surface area contributed by atoms with E-state index >= 15 is 0 Å². The maximum absolute atomic E-state index is 12.1. The van der Waals surface area contributed by atoms with Gasteiger partial charge in [0.05, 0.1) is 18.0 Å².